The molecule has 0 saturated carbocycles. The van der Waals surface area contributed by atoms with Crippen LogP contribution in [-0.2, 0) is 6.54 Å². The highest BCUT2D eigenvalue weighted by molar-refractivity contribution is 6.34. The lowest BCUT2D eigenvalue weighted by molar-refractivity contribution is 0.102. The third-order valence-corrected chi connectivity index (χ3v) is 5.99. The summed E-state index contributed by atoms with van der Waals surface area (Å²) in [6.45, 7) is 3.09. The van der Waals surface area contributed by atoms with Crippen LogP contribution in [0.3, 0.4) is 0 Å². The number of pyridine rings is 1. The predicted octanol–water partition coefficient (Wildman–Crippen LogP) is 5.13. The van der Waals surface area contributed by atoms with E-state index in [9.17, 15) is 4.79 Å². The average Bonchev–Trinajstić information content (AvgIpc) is 3.46. The molecule has 2 N–H and O–H groups in total. The number of benzene rings is 2. The molecule has 0 atom stereocenters. The normalized spacial score (nSPS) is 14.2. The molecule has 6 nitrogen and oxygen atoms in total. The van der Waals surface area contributed by atoms with Crippen LogP contribution in [0.4, 0.5) is 5.69 Å². The molecule has 3 heterocycles. The van der Waals surface area contributed by atoms with Gasteiger partial charge in [-0.05, 0) is 67.4 Å². The molecule has 0 bridgehead atoms. The van der Waals surface area contributed by atoms with Crippen LogP contribution >= 0.6 is 11.6 Å². The minimum Gasteiger partial charge on any atom is -0.319 e. The van der Waals surface area contributed by atoms with Gasteiger partial charge in [0.1, 0.15) is 0 Å². The van der Waals surface area contributed by atoms with Gasteiger partial charge in [-0.15, -0.1) is 0 Å². The number of aromatic amines is 1. The zero-order valence-electron chi connectivity index (χ0n) is 16.9. The Labute approximate surface area is 185 Å². The third kappa shape index (κ3) is 4.17. The highest BCUT2D eigenvalue weighted by Gasteiger charge is 2.18. The fraction of sp³-hybridized carbons (Fsp3) is 0.208. The largest absolute Gasteiger partial charge is 0.319 e. The van der Waals surface area contributed by atoms with Gasteiger partial charge in [-0.1, -0.05) is 29.8 Å². The molecule has 1 aliphatic heterocycles. The molecule has 5 rings (SSSR count). The van der Waals surface area contributed by atoms with Crippen molar-refractivity contribution in [2.45, 2.75) is 19.4 Å². The minimum absolute atomic E-state index is 0.296. The lowest BCUT2D eigenvalue weighted by atomic mass is 10.0. The van der Waals surface area contributed by atoms with E-state index in [0.717, 1.165) is 47.2 Å². The van der Waals surface area contributed by atoms with Crippen molar-refractivity contribution >= 4 is 34.1 Å². The van der Waals surface area contributed by atoms with Crippen molar-refractivity contribution in [2.75, 3.05) is 18.4 Å². The first kappa shape index (κ1) is 19.7. The quantitative estimate of drug-likeness (QED) is 0.459. The number of aromatic nitrogens is 3. The number of likely N-dealkylation sites (tertiary alicyclic amines) is 1. The SMILES string of the molecule is O=C(Nc1cc(CN2CCCC2)ccc1Cl)c1n[nH]c2ccc(-c3cccnc3)cc12. The summed E-state index contributed by atoms with van der Waals surface area (Å²) in [5, 5.41) is 11.4. The molecule has 1 amide bonds. The second-order valence-electron chi connectivity index (χ2n) is 7.83. The highest BCUT2D eigenvalue weighted by Crippen LogP contribution is 2.28. The van der Waals surface area contributed by atoms with Crippen molar-refractivity contribution in [1.82, 2.24) is 20.1 Å². The van der Waals surface area contributed by atoms with Gasteiger partial charge in [0.15, 0.2) is 5.69 Å². The van der Waals surface area contributed by atoms with Crippen molar-refractivity contribution in [3.63, 3.8) is 0 Å². The van der Waals surface area contributed by atoms with Gasteiger partial charge in [-0.2, -0.15) is 5.10 Å². The number of carbonyl (C=O) groups excluding carboxylic acids is 1. The molecule has 1 saturated heterocycles. The summed E-state index contributed by atoms with van der Waals surface area (Å²) < 4.78 is 0. The average molecular weight is 432 g/mol. The summed E-state index contributed by atoms with van der Waals surface area (Å²) in [5.41, 5.74) is 4.82. The first-order valence-corrected chi connectivity index (χ1v) is 10.8. The van der Waals surface area contributed by atoms with Crippen LogP contribution in [-0.4, -0.2) is 39.1 Å². The van der Waals surface area contributed by atoms with Gasteiger partial charge in [-0.3, -0.25) is 19.8 Å². The van der Waals surface area contributed by atoms with E-state index < -0.39 is 0 Å². The molecule has 1 fully saturated rings. The monoisotopic (exact) mass is 431 g/mol. The van der Waals surface area contributed by atoms with E-state index in [0.29, 0.717) is 16.4 Å². The maximum absolute atomic E-state index is 13.1. The lowest BCUT2D eigenvalue weighted by Gasteiger charge is -2.16. The number of nitrogens with zero attached hydrogens (tertiary/aromatic N) is 3. The van der Waals surface area contributed by atoms with Crippen LogP contribution in [0.25, 0.3) is 22.0 Å². The second kappa shape index (κ2) is 8.49. The summed E-state index contributed by atoms with van der Waals surface area (Å²) in [6, 6.07) is 15.5. The standard InChI is InChI=1S/C24H22ClN5O/c25-20-7-5-16(15-30-10-1-2-11-30)12-22(20)27-24(31)23-19-13-17(6-8-21(19)28-29-23)18-4-3-9-26-14-18/h3-9,12-14H,1-2,10-11,15H2,(H,27,31)(H,28,29). The Balaban J connectivity index is 1.41. The van der Waals surface area contributed by atoms with E-state index in [1.807, 2.05) is 48.5 Å². The van der Waals surface area contributed by atoms with Gasteiger partial charge in [0.2, 0.25) is 0 Å². The van der Waals surface area contributed by atoms with E-state index in [2.05, 4.69) is 25.4 Å². The predicted molar refractivity (Wildman–Crippen MR) is 123 cm³/mol. The van der Waals surface area contributed by atoms with Gasteiger partial charge in [0, 0.05) is 29.9 Å². The summed E-state index contributed by atoms with van der Waals surface area (Å²) in [6.07, 6.45) is 6.02. The van der Waals surface area contributed by atoms with Crippen LogP contribution < -0.4 is 5.32 Å². The Morgan fingerprint density at radius 1 is 1.10 bits per heavy atom. The van der Waals surface area contributed by atoms with Gasteiger partial charge < -0.3 is 5.32 Å². The Hall–Kier alpha value is -3.22. The molecule has 7 heteroatoms. The Kier molecular flexibility index (Phi) is 5.40. The molecule has 4 aromatic rings. The second-order valence-corrected chi connectivity index (χ2v) is 8.23. The number of hydrogen-bond acceptors (Lipinski definition) is 4. The number of H-pyrrole nitrogens is 1. The molecule has 2 aromatic heterocycles. The van der Waals surface area contributed by atoms with E-state index in [1.54, 1.807) is 12.4 Å². The van der Waals surface area contributed by atoms with Gasteiger partial charge >= 0.3 is 0 Å². The number of carbonyl (C=O) groups is 1. The third-order valence-electron chi connectivity index (χ3n) is 5.66. The molecule has 0 aliphatic carbocycles. The van der Waals surface area contributed by atoms with Crippen molar-refractivity contribution < 1.29 is 4.79 Å². The first-order valence-electron chi connectivity index (χ1n) is 10.4. The summed E-state index contributed by atoms with van der Waals surface area (Å²) in [7, 11) is 0. The van der Waals surface area contributed by atoms with Crippen LogP contribution in [0, 0.1) is 0 Å². The molecular formula is C24H22ClN5O. The zero-order chi connectivity index (χ0) is 21.2. The van der Waals surface area contributed by atoms with Gasteiger partial charge in [-0.25, -0.2) is 0 Å². The smallest absolute Gasteiger partial charge is 0.276 e. The Morgan fingerprint density at radius 2 is 1.97 bits per heavy atom. The maximum Gasteiger partial charge on any atom is 0.276 e. The van der Waals surface area contributed by atoms with E-state index in [1.165, 1.54) is 12.8 Å². The topological polar surface area (TPSA) is 73.9 Å². The molecule has 0 unspecified atom stereocenters. The molecular weight excluding hydrogens is 410 g/mol. The minimum atomic E-state index is -0.296. The summed E-state index contributed by atoms with van der Waals surface area (Å²) in [4.78, 5) is 19.7. The van der Waals surface area contributed by atoms with Gasteiger partial charge in [0.25, 0.3) is 5.91 Å². The fourth-order valence-corrected chi connectivity index (χ4v) is 4.21. The number of rotatable bonds is 5. The molecule has 31 heavy (non-hydrogen) atoms. The Morgan fingerprint density at radius 3 is 2.77 bits per heavy atom. The van der Waals surface area contributed by atoms with E-state index in [-0.39, 0.29) is 5.91 Å². The van der Waals surface area contributed by atoms with Crippen molar-refractivity contribution in [2.24, 2.45) is 0 Å². The van der Waals surface area contributed by atoms with Gasteiger partial charge in [0.05, 0.1) is 16.2 Å². The number of fused-ring (bicyclic) bond motifs is 1. The highest BCUT2D eigenvalue weighted by atomic mass is 35.5. The molecule has 2 aromatic carbocycles. The van der Waals surface area contributed by atoms with E-state index in [4.69, 9.17) is 11.6 Å². The fourth-order valence-electron chi connectivity index (χ4n) is 4.05. The summed E-state index contributed by atoms with van der Waals surface area (Å²) in [5.74, 6) is -0.296. The zero-order valence-corrected chi connectivity index (χ0v) is 17.7. The molecule has 1 aliphatic rings. The maximum atomic E-state index is 13.1. The molecule has 0 radical (unpaired) electrons. The summed E-state index contributed by atoms with van der Waals surface area (Å²) >= 11 is 6.38. The van der Waals surface area contributed by atoms with Crippen LogP contribution in [0.15, 0.2) is 60.9 Å². The van der Waals surface area contributed by atoms with Crippen molar-refractivity contribution in [3.8, 4) is 11.1 Å². The number of halogens is 1. The number of amides is 1. The number of hydrogen-bond donors (Lipinski definition) is 2. The molecule has 0 spiro atoms. The lowest BCUT2D eigenvalue weighted by Crippen LogP contribution is -2.19. The molecule has 156 valence electrons. The van der Waals surface area contributed by atoms with Crippen LogP contribution in [0.1, 0.15) is 28.9 Å². The van der Waals surface area contributed by atoms with Crippen LogP contribution in [0.2, 0.25) is 5.02 Å². The van der Waals surface area contributed by atoms with Crippen molar-refractivity contribution in [3.05, 3.63) is 77.2 Å². The Bertz CT molecular complexity index is 1230. The first-order chi connectivity index (χ1) is 15.2. The van der Waals surface area contributed by atoms with E-state index >= 15 is 0 Å². The van der Waals surface area contributed by atoms with Crippen LogP contribution in [0.5, 0.6) is 0 Å². The van der Waals surface area contributed by atoms with Crippen molar-refractivity contribution in [1.29, 1.82) is 0 Å². The number of nitrogens with one attached hydrogen (secondary N) is 2. The number of anilines is 1.